The van der Waals surface area contributed by atoms with Crippen molar-refractivity contribution in [3.8, 4) is 22.9 Å². The summed E-state index contributed by atoms with van der Waals surface area (Å²) in [5.41, 5.74) is -0.890. The van der Waals surface area contributed by atoms with Crippen molar-refractivity contribution in [2.45, 2.75) is 55.9 Å². The summed E-state index contributed by atoms with van der Waals surface area (Å²) in [7, 11) is 0. The van der Waals surface area contributed by atoms with E-state index >= 15 is 8.78 Å². The highest BCUT2D eigenvalue weighted by molar-refractivity contribution is 6.35. The van der Waals surface area contributed by atoms with Gasteiger partial charge in [-0.2, -0.15) is 9.97 Å². The summed E-state index contributed by atoms with van der Waals surface area (Å²) < 4.78 is 66.9. The van der Waals surface area contributed by atoms with Crippen LogP contribution in [0.5, 0.6) is 11.8 Å². The summed E-state index contributed by atoms with van der Waals surface area (Å²) >= 11 is 6.73. The van der Waals surface area contributed by atoms with Crippen LogP contribution >= 0.6 is 11.6 Å². The number of nitrogens with zero attached hydrogens (tertiary/aromatic N) is 4. The standard InChI is InChI=1S/C32H30ClF4N5O2/c33-23-10-22-29(28(37)26(23)21-9-20(43)8-16-2-5-24(35)27(36)25(16)21)39-31(40-30(22)41-13-18-3-4-19(14-41)38-18)44-15-32-6-1-7-42(32)12-17(34)11-32/h2,5,8-10,17-19,38,43H,1,3-4,6-7,11-15H2/t17-,18-,19+,32+/m1/s1. The molecule has 0 aliphatic carbocycles. The number of hydrogen-bond donors (Lipinski definition) is 2. The first-order chi connectivity index (χ1) is 21.2. The van der Waals surface area contributed by atoms with E-state index in [1.54, 1.807) is 0 Å². The zero-order chi connectivity index (χ0) is 30.3. The van der Waals surface area contributed by atoms with Crippen LogP contribution in [0.4, 0.5) is 23.4 Å². The molecular weight excluding hydrogens is 598 g/mol. The molecule has 3 aromatic carbocycles. The molecule has 2 N–H and O–H groups in total. The Labute approximate surface area is 255 Å². The molecule has 12 heteroatoms. The summed E-state index contributed by atoms with van der Waals surface area (Å²) in [6, 6.07) is 6.69. The third-order valence-corrected chi connectivity index (χ3v) is 10.1. The van der Waals surface area contributed by atoms with E-state index in [0.29, 0.717) is 37.3 Å². The van der Waals surface area contributed by atoms with E-state index in [-0.39, 0.29) is 62.9 Å². The van der Waals surface area contributed by atoms with Crippen molar-refractivity contribution in [3.63, 3.8) is 0 Å². The Morgan fingerprint density at radius 1 is 1.05 bits per heavy atom. The van der Waals surface area contributed by atoms with Gasteiger partial charge in [0, 0.05) is 60.0 Å². The molecule has 1 aromatic heterocycles. The minimum Gasteiger partial charge on any atom is -0.508 e. The van der Waals surface area contributed by atoms with Crippen molar-refractivity contribution in [2.75, 3.05) is 37.7 Å². The number of hydrogen-bond acceptors (Lipinski definition) is 7. The average molecular weight is 628 g/mol. The van der Waals surface area contributed by atoms with Gasteiger partial charge >= 0.3 is 6.01 Å². The number of alkyl halides is 1. The second-order valence-electron chi connectivity index (χ2n) is 12.6. The molecule has 0 spiro atoms. The van der Waals surface area contributed by atoms with Gasteiger partial charge < -0.3 is 20.1 Å². The quantitative estimate of drug-likeness (QED) is 0.258. The second-order valence-corrected chi connectivity index (χ2v) is 13.0. The highest BCUT2D eigenvalue weighted by Gasteiger charge is 2.49. The molecule has 4 saturated heterocycles. The lowest BCUT2D eigenvalue weighted by atomic mass is 9.95. The first-order valence-corrected chi connectivity index (χ1v) is 15.4. The molecule has 4 aromatic rings. The zero-order valence-corrected chi connectivity index (χ0v) is 24.5. The van der Waals surface area contributed by atoms with Crippen molar-refractivity contribution >= 4 is 39.1 Å². The molecule has 44 heavy (non-hydrogen) atoms. The van der Waals surface area contributed by atoms with Crippen LogP contribution in [-0.4, -0.2) is 76.6 Å². The Morgan fingerprint density at radius 2 is 1.84 bits per heavy atom. The molecule has 7 nitrogen and oxygen atoms in total. The first kappa shape index (κ1) is 28.1. The van der Waals surface area contributed by atoms with Crippen molar-refractivity contribution in [2.24, 2.45) is 0 Å². The van der Waals surface area contributed by atoms with Gasteiger partial charge in [0.15, 0.2) is 17.5 Å². The van der Waals surface area contributed by atoms with Crippen LogP contribution in [-0.2, 0) is 0 Å². The molecule has 4 aliphatic heterocycles. The van der Waals surface area contributed by atoms with E-state index in [1.807, 2.05) is 0 Å². The number of piperazine rings is 1. The fourth-order valence-corrected chi connectivity index (χ4v) is 8.20. The monoisotopic (exact) mass is 627 g/mol. The fourth-order valence-electron chi connectivity index (χ4n) is 7.91. The lowest BCUT2D eigenvalue weighted by Crippen LogP contribution is -2.51. The van der Waals surface area contributed by atoms with E-state index < -0.39 is 29.2 Å². The molecule has 0 radical (unpaired) electrons. The van der Waals surface area contributed by atoms with Crippen molar-refractivity contribution < 1.29 is 27.4 Å². The Morgan fingerprint density at radius 3 is 2.64 bits per heavy atom. The van der Waals surface area contributed by atoms with Crippen molar-refractivity contribution in [1.82, 2.24) is 20.2 Å². The maximum Gasteiger partial charge on any atom is 0.319 e. The van der Waals surface area contributed by atoms with Gasteiger partial charge in [0.2, 0.25) is 0 Å². The third kappa shape index (κ3) is 4.46. The number of aromatic nitrogens is 2. The topological polar surface area (TPSA) is 73.8 Å². The van der Waals surface area contributed by atoms with Crippen LogP contribution in [0.25, 0.3) is 32.8 Å². The largest absolute Gasteiger partial charge is 0.508 e. The number of nitrogens with one attached hydrogen (secondary N) is 1. The molecule has 0 saturated carbocycles. The molecule has 5 heterocycles. The highest BCUT2D eigenvalue weighted by atomic mass is 35.5. The predicted octanol–water partition coefficient (Wildman–Crippen LogP) is 6.12. The number of benzene rings is 3. The van der Waals surface area contributed by atoms with Crippen LogP contribution in [0.3, 0.4) is 0 Å². The van der Waals surface area contributed by atoms with Crippen LogP contribution in [0.2, 0.25) is 5.02 Å². The lowest BCUT2D eigenvalue weighted by molar-refractivity contribution is 0.107. The van der Waals surface area contributed by atoms with Crippen LogP contribution in [0.1, 0.15) is 32.1 Å². The summed E-state index contributed by atoms with van der Waals surface area (Å²) in [5, 5.41) is 14.3. The summed E-state index contributed by atoms with van der Waals surface area (Å²) in [4.78, 5) is 13.5. The Hall–Kier alpha value is -3.41. The van der Waals surface area contributed by atoms with Gasteiger partial charge in [-0.3, -0.25) is 4.90 Å². The van der Waals surface area contributed by atoms with Crippen LogP contribution in [0, 0.1) is 17.5 Å². The molecule has 0 amide bonds. The van der Waals surface area contributed by atoms with Crippen LogP contribution in [0.15, 0.2) is 30.3 Å². The number of rotatable bonds is 5. The normalized spacial score (nSPS) is 26.7. The number of anilines is 1. The first-order valence-electron chi connectivity index (χ1n) is 15.0. The van der Waals surface area contributed by atoms with Gasteiger partial charge in [-0.05, 0) is 61.9 Å². The number of fused-ring (bicyclic) bond motifs is 5. The summed E-state index contributed by atoms with van der Waals surface area (Å²) in [5.74, 6) is -2.97. The molecule has 0 unspecified atom stereocenters. The molecule has 4 atom stereocenters. The van der Waals surface area contributed by atoms with Gasteiger partial charge in [-0.1, -0.05) is 17.7 Å². The van der Waals surface area contributed by atoms with Gasteiger partial charge in [0.1, 0.15) is 29.9 Å². The van der Waals surface area contributed by atoms with Crippen molar-refractivity contribution in [1.29, 1.82) is 0 Å². The van der Waals surface area contributed by atoms with E-state index in [9.17, 15) is 13.9 Å². The Kier molecular flexibility index (Phi) is 6.59. The van der Waals surface area contributed by atoms with Gasteiger partial charge in [0.25, 0.3) is 0 Å². The SMILES string of the molecule is Oc1cc(-c2c(Cl)cc3c(N4C[C@H]5CC[C@@H](C4)N5)nc(OC[C@@]45CCCN4C[C@H](F)C5)nc3c2F)c2c(F)c(F)ccc2c1. The predicted molar refractivity (Wildman–Crippen MR) is 160 cm³/mol. The number of phenolic OH excluding ortho intramolecular Hbond substituents is 1. The maximum atomic E-state index is 16.8. The van der Waals surface area contributed by atoms with Crippen molar-refractivity contribution in [3.05, 3.63) is 52.8 Å². The number of ether oxygens (including phenoxy) is 1. The summed E-state index contributed by atoms with van der Waals surface area (Å²) in [6.07, 6.45) is 3.18. The maximum absolute atomic E-state index is 16.8. The molecule has 4 fully saturated rings. The third-order valence-electron chi connectivity index (χ3n) is 9.85. The molecular formula is C32H30ClF4N5O2. The lowest BCUT2D eigenvalue weighted by Gasteiger charge is -2.34. The smallest absolute Gasteiger partial charge is 0.319 e. The molecule has 4 aliphatic rings. The van der Waals surface area contributed by atoms with Gasteiger partial charge in [-0.15, -0.1) is 0 Å². The number of phenols is 1. The molecule has 2 bridgehead atoms. The summed E-state index contributed by atoms with van der Waals surface area (Å²) in [6.45, 7) is 2.61. The van der Waals surface area contributed by atoms with E-state index in [1.165, 1.54) is 18.2 Å². The highest BCUT2D eigenvalue weighted by Crippen LogP contribution is 2.44. The number of halogens is 5. The van der Waals surface area contributed by atoms with E-state index in [4.69, 9.17) is 21.3 Å². The Balaban J connectivity index is 1.29. The van der Waals surface area contributed by atoms with E-state index in [0.717, 1.165) is 44.4 Å². The second kappa shape index (κ2) is 10.3. The zero-order valence-electron chi connectivity index (χ0n) is 23.7. The average Bonchev–Trinajstić information content (AvgIpc) is 3.64. The van der Waals surface area contributed by atoms with Gasteiger partial charge in [-0.25, -0.2) is 17.6 Å². The fraction of sp³-hybridized carbons (Fsp3) is 0.438. The minimum atomic E-state index is -1.18. The Bertz CT molecular complexity index is 1820. The van der Waals surface area contributed by atoms with E-state index in [2.05, 4.69) is 20.1 Å². The van der Waals surface area contributed by atoms with Gasteiger partial charge in [0.05, 0.1) is 10.6 Å². The van der Waals surface area contributed by atoms with Crippen LogP contribution < -0.4 is 15.0 Å². The minimum absolute atomic E-state index is 0.0490. The molecule has 8 rings (SSSR count). The number of aromatic hydroxyl groups is 1. The molecule has 230 valence electrons.